The average Bonchev–Trinajstić information content (AvgIpc) is 1.84. The van der Waals surface area contributed by atoms with Crippen molar-refractivity contribution in [2.24, 2.45) is 0 Å². The van der Waals surface area contributed by atoms with E-state index in [1.165, 1.54) is 0 Å². The smallest absolute Gasteiger partial charge is 0.162 e. The van der Waals surface area contributed by atoms with Gasteiger partial charge in [-0.3, -0.25) is 0 Å². The highest BCUT2D eigenvalue weighted by atomic mass is 24.3. The molecule has 8 heavy (non-hydrogen) atoms. The molecule has 1 aliphatic rings. The molecule has 1 saturated heterocycles. The lowest BCUT2D eigenvalue weighted by molar-refractivity contribution is -0.125. The second-order valence-corrected chi connectivity index (χ2v) is 2.10. The zero-order valence-corrected chi connectivity index (χ0v) is 6.85. The van der Waals surface area contributed by atoms with Gasteiger partial charge >= 0.3 is 0 Å². The summed E-state index contributed by atoms with van der Waals surface area (Å²) < 4.78 is 10.2. The molecule has 0 amide bonds. The van der Waals surface area contributed by atoms with Crippen LogP contribution in [0.5, 0.6) is 0 Å². The maximum absolute atomic E-state index is 5.12. The van der Waals surface area contributed by atoms with E-state index in [0.717, 1.165) is 13.2 Å². The van der Waals surface area contributed by atoms with Gasteiger partial charge < -0.3 is 9.47 Å². The molecule has 0 aromatic heterocycles. The number of rotatable bonds is 0. The van der Waals surface area contributed by atoms with Gasteiger partial charge in [0.2, 0.25) is 0 Å². The summed E-state index contributed by atoms with van der Waals surface area (Å²) in [5.74, 6) is -0.306. The maximum Gasteiger partial charge on any atom is 0.162 e. The molecule has 44 valence electrons. The molecule has 0 saturated carbocycles. The van der Waals surface area contributed by atoms with Crippen molar-refractivity contribution in [2.75, 3.05) is 13.2 Å². The second kappa shape index (κ2) is 3.01. The standard InChI is InChI=1S/C5H10O2.Mg/c1-5(2)6-3-4-7-5;/h3-4H2,1-2H3;. The van der Waals surface area contributed by atoms with Gasteiger partial charge in [0.05, 0.1) is 13.2 Å². The van der Waals surface area contributed by atoms with Crippen LogP contribution in [-0.4, -0.2) is 42.1 Å². The molecule has 0 unspecified atom stereocenters. The van der Waals surface area contributed by atoms with Crippen molar-refractivity contribution in [3.05, 3.63) is 0 Å². The van der Waals surface area contributed by atoms with Crippen molar-refractivity contribution >= 4 is 23.1 Å². The molecule has 1 heterocycles. The van der Waals surface area contributed by atoms with Crippen LogP contribution < -0.4 is 0 Å². The van der Waals surface area contributed by atoms with E-state index in [9.17, 15) is 0 Å². The highest BCUT2D eigenvalue weighted by molar-refractivity contribution is 5.75. The zero-order chi connectivity index (χ0) is 5.33. The quantitative estimate of drug-likeness (QED) is 0.437. The fraction of sp³-hybridized carbons (Fsp3) is 1.00. The molecule has 0 spiro atoms. The molecule has 0 aromatic rings. The first-order chi connectivity index (χ1) is 3.21. The third kappa shape index (κ3) is 2.30. The minimum atomic E-state index is -0.306. The van der Waals surface area contributed by atoms with Gasteiger partial charge in [0.15, 0.2) is 5.79 Å². The third-order valence-corrected chi connectivity index (χ3v) is 0.983. The predicted octanol–water partition coefficient (Wildman–Crippen LogP) is 0.388. The lowest BCUT2D eigenvalue weighted by atomic mass is 10.4. The molecular formula is C5H10MgO2. The van der Waals surface area contributed by atoms with E-state index in [4.69, 9.17) is 9.47 Å². The maximum atomic E-state index is 5.12. The van der Waals surface area contributed by atoms with E-state index >= 15 is 0 Å². The molecule has 3 heteroatoms. The minimum absolute atomic E-state index is 0. The van der Waals surface area contributed by atoms with Gasteiger partial charge in [-0.05, 0) is 13.8 Å². The van der Waals surface area contributed by atoms with E-state index < -0.39 is 0 Å². The van der Waals surface area contributed by atoms with Gasteiger partial charge in [-0.15, -0.1) is 0 Å². The largest absolute Gasteiger partial charge is 0.348 e. The summed E-state index contributed by atoms with van der Waals surface area (Å²) in [5.41, 5.74) is 0. The van der Waals surface area contributed by atoms with Crippen molar-refractivity contribution in [3.8, 4) is 0 Å². The Balaban J connectivity index is 0.000000490. The van der Waals surface area contributed by atoms with Crippen LogP contribution in [0.3, 0.4) is 0 Å². The third-order valence-electron chi connectivity index (χ3n) is 0.983. The molecule has 0 aliphatic carbocycles. The Kier molecular flexibility index (Phi) is 3.27. The first kappa shape index (κ1) is 8.69. The molecule has 1 fully saturated rings. The van der Waals surface area contributed by atoms with Crippen molar-refractivity contribution in [1.29, 1.82) is 0 Å². The van der Waals surface area contributed by atoms with Crippen LogP contribution >= 0.6 is 0 Å². The summed E-state index contributed by atoms with van der Waals surface area (Å²) in [6.45, 7) is 5.32. The lowest BCUT2D eigenvalue weighted by Gasteiger charge is -2.13. The molecular weight excluding hydrogens is 116 g/mol. The van der Waals surface area contributed by atoms with Crippen molar-refractivity contribution < 1.29 is 9.47 Å². The van der Waals surface area contributed by atoms with Gasteiger partial charge in [0.1, 0.15) is 0 Å². The molecule has 0 atom stereocenters. The highest BCUT2D eigenvalue weighted by Gasteiger charge is 2.23. The minimum Gasteiger partial charge on any atom is -0.348 e. The van der Waals surface area contributed by atoms with Crippen LogP contribution in [0, 0.1) is 0 Å². The van der Waals surface area contributed by atoms with Crippen LogP contribution in [0.1, 0.15) is 13.8 Å². The zero-order valence-electron chi connectivity index (χ0n) is 5.44. The molecule has 1 aliphatic heterocycles. The summed E-state index contributed by atoms with van der Waals surface area (Å²) in [7, 11) is 0. The van der Waals surface area contributed by atoms with Crippen LogP contribution in [0.4, 0.5) is 0 Å². The Hall–Kier alpha value is 0.686. The SMILES string of the molecule is CC1(C)OCCO1.[Mg]. The number of hydrogen-bond acceptors (Lipinski definition) is 2. The normalized spacial score (nSPS) is 24.8. The van der Waals surface area contributed by atoms with E-state index in [2.05, 4.69) is 0 Å². The van der Waals surface area contributed by atoms with E-state index in [1.54, 1.807) is 0 Å². The summed E-state index contributed by atoms with van der Waals surface area (Å²) in [6.07, 6.45) is 0. The molecule has 0 N–H and O–H groups in total. The lowest BCUT2D eigenvalue weighted by Crippen LogP contribution is -2.18. The van der Waals surface area contributed by atoms with Gasteiger partial charge in [-0.2, -0.15) is 0 Å². The van der Waals surface area contributed by atoms with Crippen molar-refractivity contribution in [1.82, 2.24) is 0 Å². The molecule has 0 aromatic carbocycles. The van der Waals surface area contributed by atoms with E-state index in [0.29, 0.717) is 0 Å². The van der Waals surface area contributed by atoms with Crippen molar-refractivity contribution in [2.45, 2.75) is 19.6 Å². The molecule has 2 radical (unpaired) electrons. The summed E-state index contributed by atoms with van der Waals surface area (Å²) in [5, 5.41) is 0. The van der Waals surface area contributed by atoms with Gasteiger partial charge in [0.25, 0.3) is 0 Å². The van der Waals surface area contributed by atoms with Crippen LogP contribution in [0.2, 0.25) is 0 Å². The Bertz CT molecular complexity index is 64.8. The highest BCUT2D eigenvalue weighted by Crippen LogP contribution is 2.15. The predicted molar refractivity (Wildman–Crippen MR) is 31.7 cm³/mol. The summed E-state index contributed by atoms with van der Waals surface area (Å²) in [4.78, 5) is 0. The number of hydrogen-bond donors (Lipinski definition) is 0. The molecule has 0 bridgehead atoms. The van der Waals surface area contributed by atoms with Crippen molar-refractivity contribution in [3.63, 3.8) is 0 Å². The molecule has 2 nitrogen and oxygen atoms in total. The first-order valence-electron chi connectivity index (χ1n) is 2.49. The van der Waals surface area contributed by atoms with Crippen LogP contribution in [0.15, 0.2) is 0 Å². The summed E-state index contributed by atoms with van der Waals surface area (Å²) in [6, 6.07) is 0. The average molecular weight is 126 g/mol. The molecule has 1 rings (SSSR count). The van der Waals surface area contributed by atoms with Gasteiger partial charge in [-0.1, -0.05) is 0 Å². The van der Waals surface area contributed by atoms with Crippen LogP contribution in [-0.2, 0) is 9.47 Å². The van der Waals surface area contributed by atoms with Crippen LogP contribution in [0.25, 0.3) is 0 Å². The first-order valence-corrected chi connectivity index (χ1v) is 2.49. The Morgan fingerprint density at radius 2 is 1.50 bits per heavy atom. The fourth-order valence-electron chi connectivity index (χ4n) is 0.617. The Labute approximate surface area is 65.7 Å². The second-order valence-electron chi connectivity index (χ2n) is 2.10. The van der Waals surface area contributed by atoms with E-state index in [-0.39, 0.29) is 28.8 Å². The number of ether oxygens (including phenoxy) is 2. The Morgan fingerprint density at radius 3 is 1.62 bits per heavy atom. The fourth-order valence-corrected chi connectivity index (χ4v) is 0.617. The Morgan fingerprint density at radius 1 is 1.12 bits per heavy atom. The van der Waals surface area contributed by atoms with Gasteiger partial charge in [-0.25, -0.2) is 0 Å². The van der Waals surface area contributed by atoms with E-state index in [1.807, 2.05) is 13.8 Å². The summed E-state index contributed by atoms with van der Waals surface area (Å²) >= 11 is 0. The topological polar surface area (TPSA) is 18.5 Å². The van der Waals surface area contributed by atoms with Gasteiger partial charge in [0, 0.05) is 23.1 Å². The monoisotopic (exact) mass is 126 g/mol.